The maximum absolute atomic E-state index is 13.1. The van der Waals surface area contributed by atoms with Gasteiger partial charge in [0, 0.05) is 17.0 Å². The van der Waals surface area contributed by atoms with Crippen LogP contribution in [0, 0.1) is 17.5 Å². The fraction of sp³-hybridized carbons (Fsp3) is 0.143. The molecule has 1 atom stereocenters. The fourth-order valence-corrected chi connectivity index (χ4v) is 2.02. The minimum atomic E-state index is -1.09. The van der Waals surface area contributed by atoms with Gasteiger partial charge in [-0.05, 0) is 29.8 Å². The first-order valence-electron chi connectivity index (χ1n) is 5.54. The summed E-state index contributed by atoms with van der Waals surface area (Å²) in [6, 6.07) is 7.22. The summed E-state index contributed by atoms with van der Waals surface area (Å²) in [6.45, 7) is 0. The molecule has 0 spiro atoms. The molecule has 0 bridgehead atoms. The van der Waals surface area contributed by atoms with Crippen LogP contribution in [-0.4, -0.2) is 5.11 Å². The highest BCUT2D eigenvalue weighted by Gasteiger charge is 2.16. The summed E-state index contributed by atoms with van der Waals surface area (Å²) < 4.78 is 38.8. The first-order chi connectivity index (χ1) is 8.97. The first kappa shape index (κ1) is 13.9. The molecule has 0 fully saturated rings. The van der Waals surface area contributed by atoms with E-state index in [1.807, 2.05) is 0 Å². The molecule has 100 valence electrons. The van der Waals surface area contributed by atoms with Crippen molar-refractivity contribution in [3.8, 4) is 0 Å². The quantitative estimate of drug-likeness (QED) is 0.845. The van der Waals surface area contributed by atoms with E-state index in [0.717, 1.165) is 12.1 Å². The van der Waals surface area contributed by atoms with E-state index in [1.54, 1.807) is 0 Å². The molecule has 0 amide bonds. The molecule has 0 radical (unpaired) electrons. The first-order valence-corrected chi connectivity index (χ1v) is 5.92. The van der Waals surface area contributed by atoms with E-state index in [1.165, 1.54) is 24.3 Å². The van der Waals surface area contributed by atoms with E-state index in [0.29, 0.717) is 5.56 Å². The Labute approximate surface area is 113 Å². The van der Waals surface area contributed by atoms with Crippen LogP contribution in [0.25, 0.3) is 0 Å². The highest BCUT2D eigenvalue weighted by Crippen LogP contribution is 2.28. The van der Waals surface area contributed by atoms with Gasteiger partial charge in [-0.1, -0.05) is 23.7 Å². The molecule has 0 saturated carbocycles. The Balaban J connectivity index is 2.22. The van der Waals surface area contributed by atoms with Crippen molar-refractivity contribution in [2.75, 3.05) is 0 Å². The summed E-state index contributed by atoms with van der Waals surface area (Å²) in [5.41, 5.74) is 0.764. The summed E-state index contributed by atoms with van der Waals surface area (Å²) >= 11 is 5.76. The fourth-order valence-electron chi connectivity index (χ4n) is 1.75. The number of aliphatic hydroxyl groups is 1. The van der Waals surface area contributed by atoms with Gasteiger partial charge in [0.1, 0.15) is 5.82 Å². The van der Waals surface area contributed by atoms with Crippen LogP contribution < -0.4 is 0 Å². The van der Waals surface area contributed by atoms with Gasteiger partial charge in [-0.2, -0.15) is 0 Å². The van der Waals surface area contributed by atoms with Crippen LogP contribution in [-0.2, 0) is 6.42 Å². The van der Waals surface area contributed by atoms with Crippen LogP contribution in [0.2, 0.25) is 5.02 Å². The predicted molar refractivity (Wildman–Crippen MR) is 66.4 cm³/mol. The van der Waals surface area contributed by atoms with Crippen molar-refractivity contribution in [3.05, 3.63) is 70.0 Å². The van der Waals surface area contributed by atoms with Gasteiger partial charge in [0.05, 0.1) is 6.10 Å². The normalized spacial score (nSPS) is 12.5. The van der Waals surface area contributed by atoms with Crippen molar-refractivity contribution >= 4 is 11.6 Å². The molecule has 2 rings (SSSR count). The summed E-state index contributed by atoms with van der Waals surface area (Å²) in [4.78, 5) is 0. The molecule has 0 heterocycles. The Bertz CT molecular complexity index is 584. The van der Waals surface area contributed by atoms with Crippen LogP contribution in [0.5, 0.6) is 0 Å². The zero-order chi connectivity index (χ0) is 14.0. The lowest BCUT2D eigenvalue weighted by atomic mass is 10.0. The molecule has 0 aliphatic rings. The maximum Gasteiger partial charge on any atom is 0.160 e. The van der Waals surface area contributed by atoms with Crippen molar-refractivity contribution < 1.29 is 18.3 Å². The number of hydrogen-bond acceptors (Lipinski definition) is 1. The zero-order valence-corrected chi connectivity index (χ0v) is 10.5. The number of aliphatic hydroxyl groups excluding tert-OH is 1. The minimum absolute atomic E-state index is 0.0477. The van der Waals surface area contributed by atoms with Gasteiger partial charge in [-0.25, -0.2) is 13.2 Å². The third-order valence-electron chi connectivity index (χ3n) is 2.74. The molecule has 5 heteroatoms. The summed E-state index contributed by atoms with van der Waals surface area (Å²) in [5.74, 6) is -2.52. The van der Waals surface area contributed by atoms with Gasteiger partial charge in [0.2, 0.25) is 0 Å². The summed E-state index contributed by atoms with van der Waals surface area (Å²) in [7, 11) is 0. The van der Waals surface area contributed by atoms with Crippen molar-refractivity contribution in [1.29, 1.82) is 0 Å². The van der Waals surface area contributed by atoms with E-state index in [4.69, 9.17) is 11.6 Å². The molecule has 0 aromatic heterocycles. The van der Waals surface area contributed by atoms with E-state index < -0.39 is 17.7 Å². The number of halogens is 4. The van der Waals surface area contributed by atoms with E-state index in [9.17, 15) is 18.3 Å². The topological polar surface area (TPSA) is 20.2 Å². The third-order valence-corrected chi connectivity index (χ3v) is 3.07. The van der Waals surface area contributed by atoms with Gasteiger partial charge < -0.3 is 5.11 Å². The Morgan fingerprint density at radius 1 is 1.00 bits per heavy atom. The van der Waals surface area contributed by atoms with Gasteiger partial charge >= 0.3 is 0 Å². The van der Waals surface area contributed by atoms with Crippen LogP contribution >= 0.6 is 11.6 Å². The average Bonchev–Trinajstić information content (AvgIpc) is 2.36. The number of benzene rings is 2. The average molecular weight is 287 g/mol. The molecule has 19 heavy (non-hydrogen) atoms. The zero-order valence-electron chi connectivity index (χ0n) is 9.71. The molecule has 0 saturated heterocycles. The maximum atomic E-state index is 13.1. The Kier molecular flexibility index (Phi) is 4.12. The van der Waals surface area contributed by atoms with Gasteiger partial charge in [0.25, 0.3) is 0 Å². The van der Waals surface area contributed by atoms with E-state index >= 15 is 0 Å². The summed E-state index contributed by atoms with van der Waals surface area (Å²) in [5, 5.41) is 9.92. The molecule has 2 aromatic carbocycles. The lowest BCUT2D eigenvalue weighted by molar-refractivity contribution is 0.178. The lowest BCUT2D eigenvalue weighted by Crippen LogP contribution is -2.04. The molecule has 1 nitrogen and oxygen atoms in total. The lowest BCUT2D eigenvalue weighted by Gasteiger charge is -2.13. The number of rotatable bonds is 3. The highest BCUT2D eigenvalue weighted by molar-refractivity contribution is 6.31. The predicted octanol–water partition coefficient (Wildman–Crippen LogP) is 4.03. The van der Waals surface area contributed by atoms with Crippen LogP contribution in [0.4, 0.5) is 13.2 Å². The van der Waals surface area contributed by atoms with Gasteiger partial charge in [-0.3, -0.25) is 0 Å². The molecular formula is C14H10ClF3O. The molecule has 2 aromatic rings. The summed E-state index contributed by atoms with van der Waals surface area (Å²) in [6.07, 6.45) is -0.960. The van der Waals surface area contributed by atoms with E-state index in [-0.39, 0.29) is 22.8 Å². The second-order valence-electron chi connectivity index (χ2n) is 4.13. The van der Waals surface area contributed by atoms with E-state index in [2.05, 4.69) is 0 Å². The number of hydrogen-bond donors (Lipinski definition) is 1. The molecule has 1 N–H and O–H groups in total. The largest absolute Gasteiger partial charge is 0.388 e. The standard InChI is InChI=1S/C14H10ClF3O/c15-11-7-13(18)12(17)6-10(11)14(19)5-8-1-3-9(16)4-2-8/h1-4,6-7,14,19H,5H2. The Morgan fingerprint density at radius 3 is 2.21 bits per heavy atom. The smallest absolute Gasteiger partial charge is 0.160 e. The molecule has 0 aliphatic heterocycles. The Morgan fingerprint density at radius 2 is 1.58 bits per heavy atom. The van der Waals surface area contributed by atoms with Crippen LogP contribution in [0.3, 0.4) is 0 Å². The highest BCUT2D eigenvalue weighted by atomic mass is 35.5. The van der Waals surface area contributed by atoms with Crippen molar-refractivity contribution in [2.45, 2.75) is 12.5 Å². The van der Waals surface area contributed by atoms with Crippen molar-refractivity contribution in [3.63, 3.8) is 0 Å². The molecular weight excluding hydrogens is 277 g/mol. The Hall–Kier alpha value is -1.52. The molecule has 0 aliphatic carbocycles. The van der Waals surface area contributed by atoms with Crippen LogP contribution in [0.15, 0.2) is 36.4 Å². The monoisotopic (exact) mass is 286 g/mol. The molecule has 1 unspecified atom stereocenters. The second kappa shape index (κ2) is 5.63. The van der Waals surface area contributed by atoms with Gasteiger partial charge in [-0.15, -0.1) is 0 Å². The minimum Gasteiger partial charge on any atom is -0.388 e. The van der Waals surface area contributed by atoms with Crippen molar-refractivity contribution in [1.82, 2.24) is 0 Å². The van der Waals surface area contributed by atoms with Crippen LogP contribution in [0.1, 0.15) is 17.2 Å². The van der Waals surface area contributed by atoms with Crippen molar-refractivity contribution in [2.24, 2.45) is 0 Å². The second-order valence-corrected chi connectivity index (χ2v) is 4.54. The van der Waals surface area contributed by atoms with Gasteiger partial charge in [0.15, 0.2) is 11.6 Å². The third kappa shape index (κ3) is 3.28. The SMILES string of the molecule is OC(Cc1ccc(F)cc1)c1cc(F)c(F)cc1Cl.